The van der Waals surface area contributed by atoms with Gasteiger partial charge in [0.05, 0.1) is 7.11 Å². The average Bonchev–Trinajstić information content (AvgIpc) is 2.55. The summed E-state index contributed by atoms with van der Waals surface area (Å²) in [5, 5.41) is 0. The molecule has 0 aromatic heterocycles. The van der Waals surface area contributed by atoms with Gasteiger partial charge in [0.25, 0.3) is 0 Å². The van der Waals surface area contributed by atoms with Crippen molar-refractivity contribution >= 4 is 33.9 Å². The molecule has 0 bridgehead atoms. The lowest BCUT2D eigenvalue weighted by molar-refractivity contribution is -0.140. The van der Waals surface area contributed by atoms with E-state index in [4.69, 9.17) is 4.74 Å². The minimum Gasteiger partial charge on any atom is -0.469 e. The Labute approximate surface area is 140 Å². The van der Waals surface area contributed by atoms with Gasteiger partial charge in [-0.3, -0.25) is 9.59 Å². The van der Waals surface area contributed by atoms with E-state index in [0.29, 0.717) is 18.0 Å². The predicted octanol–water partition coefficient (Wildman–Crippen LogP) is 3.96. The Morgan fingerprint density at radius 2 is 2.27 bits per heavy atom. The Hall–Kier alpha value is -1.36. The number of esters is 1. The molecule has 1 aromatic carbocycles. The van der Waals surface area contributed by atoms with Crippen LogP contribution in [0.25, 0.3) is 0 Å². The number of carbonyl (C=O) groups is 2. The molecular weight excluding hydrogens is 346 g/mol. The molecule has 0 saturated carbocycles. The minimum atomic E-state index is -0.153. The Balaban J connectivity index is 2.09. The molecule has 22 heavy (non-hydrogen) atoms. The van der Waals surface area contributed by atoms with Crippen LogP contribution in [0, 0.1) is 0 Å². The molecule has 0 radical (unpaired) electrons. The van der Waals surface area contributed by atoms with Gasteiger partial charge in [0.1, 0.15) is 0 Å². The number of halogens is 1. The van der Waals surface area contributed by atoms with Crippen molar-refractivity contribution in [1.82, 2.24) is 0 Å². The molecule has 1 unspecified atom stereocenters. The lowest BCUT2D eigenvalue weighted by Crippen LogP contribution is -2.40. The second kappa shape index (κ2) is 8.32. The number of benzene rings is 1. The Kier molecular flexibility index (Phi) is 6.43. The summed E-state index contributed by atoms with van der Waals surface area (Å²) in [5.74, 6) is -0.153. The van der Waals surface area contributed by atoms with E-state index in [9.17, 15) is 9.59 Å². The van der Waals surface area contributed by atoms with Crippen molar-refractivity contribution in [3.63, 3.8) is 0 Å². The van der Waals surface area contributed by atoms with Crippen LogP contribution in [0.15, 0.2) is 22.7 Å². The number of nitrogens with zero attached hydrogens (tertiary/aromatic N) is 1. The van der Waals surface area contributed by atoms with E-state index < -0.39 is 0 Å². The number of aldehydes is 1. The van der Waals surface area contributed by atoms with E-state index in [2.05, 4.69) is 20.8 Å². The number of hydrogen-bond acceptors (Lipinski definition) is 4. The zero-order valence-corrected chi connectivity index (χ0v) is 14.5. The third kappa shape index (κ3) is 4.32. The van der Waals surface area contributed by atoms with Crippen LogP contribution in [-0.4, -0.2) is 32.0 Å². The van der Waals surface area contributed by atoms with Gasteiger partial charge in [0.15, 0.2) is 6.29 Å². The first-order valence-electron chi connectivity index (χ1n) is 7.74. The summed E-state index contributed by atoms with van der Waals surface area (Å²) in [6.45, 7) is 0.964. The molecule has 4 nitrogen and oxygen atoms in total. The lowest BCUT2D eigenvalue weighted by Gasteiger charge is -2.38. The monoisotopic (exact) mass is 367 g/mol. The number of piperidine rings is 1. The van der Waals surface area contributed by atoms with Crippen molar-refractivity contribution in [3.8, 4) is 0 Å². The van der Waals surface area contributed by atoms with Crippen LogP contribution in [0.2, 0.25) is 0 Å². The van der Waals surface area contributed by atoms with Crippen LogP contribution in [0.3, 0.4) is 0 Å². The normalized spacial score (nSPS) is 18.1. The molecule has 1 fully saturated rings. The van der Waals surface area contributed by atoms with Gasteiger partial charge < -0.3 is 9.64 Å². The Morgan fingerprint density at radius 1 is 1.45 bits per heavy atom. The number of hydrogen-bond donors (Lipinski definition) is 0. The van der Waals surface area contributed by atoms with E-state index >= 15 is 0 Å². The smallest absolute Gasteiger partial charge is 0.305 e. The number of rotatable bonds is 6. The highest BCUT2D eigenvalue weighted by atomic mass is 79.9. The van der Waals surface area contributed by atoms with Crippen molar-refractivity contribution in [2.24, 2.45) is 0 Å². The predicted molar refractivity (Wildman–Crippen MR) is 90.4 cm³/mol. The van der Waals surface area contributed by atoms with Crippen LogP contribution in [0.1, 0.15) is 48.9 Å². The molecule has 1 aliphatic heterocycles. The van der Waals surface area contributed by atoms with Crippen molar-refractivity contribution in [2.45, 2.75) is 44.6 Å². The van der Waals surface area contributed by atoms with Crippen LogP contribution in [0.4, 0.5) is 5.69 Å². The second-order valence-corrected chi connectivity index (χ2v) is 6.55. The van der Waals surface area contributed by atoms with Crippen LogP contribution < -0.4 is 4.90 Å². The first-order valence-corrected chi connectivity index (χ1v) is 8.53. The summed E-state index contributed by atoms with van der Waals surface area (Å²) in [6, 6.07) is 6.23. The first-order chi connectivity index (χ1) is 10.7. The molecule has 1 aliphatic rings. The first kappa shape index (κ1) is 17.0. The van der Waals surface area contributed by atoms with Crippen molar-refractivity contribution in [3.05, 3.63) is 28.2 Å². The highest BCUT2D eigenvalue weighted by Crippen LogP contribution is 2.31. The van der Waals surface area contributed by atoms with Gasteiger partial charge in [0.2, 0.25) is 0 Å². The topological polar surface area (TPSA) is 46.6 Å². The number of anilines is 1. The summed E-state index contributed by atoms with van der Waals surface area (Å²) in [4.78, 5) is 24.9. The quantitative estimate of drug-likeness (QED) is 0.563. The van der Waals surface area contributed by atoms with Gasteiger partial charge in [0, 0.05) is 34.7 Å². The molecule has 0 aliphatic carbocycles. The van der Waals surface area contributed by atoms with Gasteiger partial charge in [-0.15, -0.1) is 0 Å². The van der Waals surface area contributed by atoms with Crippen LogP contribution in [-0.2, 0) is 9.53 Å². The highest BCUT2D eigenvalue weighted by molar-refractivity contribution is 9.10. The van der Waals surface area contributed by atoms with E-state index in [1.807, 2.05) is 18.2 Å². The maximum atomic E-state index is 11.4. The Bertz CT molecular complexity index is 533. The van der Waals surface area contributed by atoms with E-state index in [0.717, 1.165) is 48.7 Å². The standard InChI is InChI=1S/C17H22BrNO3/c1-22-17(21)7-4-6-15-5-2-3-10-19(15)16-9-8-14(18)11-13(16)12-20/h8-9,11-12,15H,2-7,10H2,1H3. The zero-order valence-electron chi connectivity index (χ0n) is 12.9. The minimum absolute atomic E-state index is 0.153. The maximum absolute atomic E-state index is 11.4. The number of methoxy groups -OCH3 is 1. The number of carbonyl (C=O) groups excluding carboxylic acids is 2. The summed E-state index contributed by atoms with van der Waals surface area (Å²) in [6.07, 6.45) is 6.59. The molecular formula is C17H22BrNO3. The SMILES string of the molecule is COC(=O)CCCC1CCCCN1c1ccc(Br)cc1C=O. The highest BCUT2D eigenvalue weighted by Gasteiger charge is 2.24. The molecule has 1 saturated heterocycles. The van der Waals surface area contributed by atoms with Crippen LogP contribution >= 0.6 is 15.9 Å². The van der Waals surface area contributed by atoms with Gasteiger partial charge >= 0.3 is 5.97 Å². The van der Waals surface area contributed by atoms with Crippen LogP contribution in [0.5, 0.6) is 0 Å². The molecule has 0 amide bonds. The fourth-order valence-electron chi connectivity index (χ4n) is 3.08. The molecule has 1 heterocycles. The van der Waals surface area contributed by atoms with Gasteiger partial charge in [-0.1, -0.05) is 15.9 Å². The van der Waals surface area contributed by atoms with E-state index in [1.165, 1.54) is 13.5 Å². The van der Waals surface area contributed by atoms with Crippen molar-refractivity contribution < 1.29 is 14.3 Å². The number of ether oxygens (including phenoxy) is 1. The third-order valence-corrected chi connectivity index (χ3v) is 4.69. The summed E-state index contributed by atoms with van der Waals surface area (Å²) in [5.41, 5.74) is 1.72. The lowest BCUT2D eigenvalue weighted by atomic mass is 9.95. The second-order valence-electron chi connectivity index (χ2n) is 5.63. The largest absolute Gasteiger partial charge is 0.469 e. The summed E-state index contributed by atoms with van der Waals surface area (Å²) in [7, 11) is 1.42. The van der Waals surface area contributed by atoms with Gasteiger partial charge in [-0.2, -0.15) is 0 Å². The molecule has 1 aromatic rings. The van der Waals surface area contributed by atoms with Gasteiger partial charge in [-0.25, -0.2) is 0 Å². The van der Waals surface area contributed by atoms with E-state index in [1.54, 1.807) is 0 Å². The van der Waals surface area contributed by atoms with Crippen molar-refractivity contribution in [1.29, 1.82) is 0 Å². The average molecular weight is 368 g/mol. The van der Waals surface area contributed by atoms with Gasteiger partial charge in [-0.05, 0) is 50.3 Å². The summed E-state index contributed by atoms with van der Waals surface area (Å²) < 4.78 is 5.61. The fourth-order valence-corrected chi connectivity index (χ4v) is 3.46. The van der Waals surface area contributed by atoms with Crippen molar-refractivity contribution in [2.75, 3.05) is 18.6 Å². The maximum Gasteiger partial charge on any atom is 0.305 e. The molecule has 0 N–H and O–H groups in total. The van der Waals surface area contributed by atoms with E-state index in [-0.39, 0.29) is 5.97 Å². The Morgan fingerprint density at radius 3 is 3.00 bits per heavy atom. The molecule has 5 heteroatoms. The molecule has 120 valence electrons. The fraction of sp³-hybridized carbons (Fsp3) is 0.529. The molecule has 1 atom stereocenters. The zero-order chi connectivity index (χ0) is 15.9. The summed E-state index contributed by atoms with van der Waals surface area (Å²) >= 11 is 3.41. The molecule has 0 spiro atoms. The third-order valence-electron chi connectivity index (χ3n) is 4.20. The molecule has 2 rings (SSSR count).